The van der Waals surface area contributed by atoms with Gasteiger partial charge in [0, 0.05) is 37.0 Å². The Kier molecular flexibility index (Phi) is 8.78. The number of hydrogen-bond acceptors (Lipinski definition) is 7. The van der Waals surface area contributed by atoms with E-state index in [4.69, 9.17) is 15.2 Å². The normalized spacial score (nSPS) is 21.9. The highest BCUT2D eigenvalue weighted by Crippen LogP contribution is 2.37. The molecule has 5 atom stereocenters. The number of ketones is 1. The van der Waals surface area contributed by atoms with Gasteiger partial charge in [-0.05, 0) is 45.2 Å². The molecule has 41 heavy (non-hydrogen) atoms. The molecule has 1 aliphatic heterocycles. The number of rotatable bonds is 8. The second-order valence-electron chi connectivity index (χ2n) is 11.5. The number of benzene rings is 1. The Balaban J connectivity index is 1.53. The van der Waals surface area contributed by atoms with Crippen molar-refractivity contribution in [2.45, 2.75) is 82.7 Å². The predicted octanol–water partition coefficient (Wildman–Crippen LogP) is 2.65. The zero-order valence-corrected chi connectivity index (χ0v) is 22.9. The van der Waals surface area contributed by atoms with E-state index in [2.05, 4.69) is 5.32 Å². The number of aliphatic hydroxyl groups is 1. The zero-order valence-electron chi connectivity index (χ0n) is 22.9. The molecule has 224 valence electrons. The molecule has 1 aromatic carbocycles. The van der Waals surface area contributed by atoms with Crippen molar-refractivity contribution in [2.24, 2.45) is 11.7 Å². The van der Waals surface area contributed by atoms with E-state index in [9.17, 15) is 37.1 Å². The minimum Gasteiger partial charge on any atom is -0.485 e. The summed E-state index contributed by atoms with van der Waals surface area (Å²) in [6.45, 7) is 4.01. The van der Waals surface area contributed by atoms with E-state index in [1.165, 1.54) is 0 Å². The number of ether oxygens (including phenoxy) is 2. The van der Waals surface area contributed by atoms with Crippen LogP contribution in [0.3, 0.4) is 0 Å². The molecule has 1 aliphatic carbocycles. The van der Waals surface area contributed by atoms with Crippen molar-refractivity contribution < 1.29 is 46.5 Å². The number of nitrogens with two attached hydrogens (primary N) is 1. The van der Waals surface area contributed by atoms with Gasteiger partial charge >= 0.3 is 5.97 Å². The maximum atomic E-state index is 14.1. The van der Waals surface area contributed by atoms with Crippen LogP contribution in [-0.4, -0.2) is 57.7 Å². The maximum absolute atomic E-state index is 14.1. The van der Waals surface area contributed by atoms with Gasteiger partial charge in [0.1, 0.15) is 24.1 Å². The summed E-state index contributed by atoms with van der Waals surface area (Å²) in [6, 6.07) is 0.0960. The molecule has 2 heterocycles. The molecule has 0 saturated carbocycles. The van der Waals surface area contributed by atoms with Gasteiger partial charge in [0.05, 0.1) is 24.3 Å². The van der Waals surface area contributed by atoms with Gasteiger partial charge in [-0.15, -0.1) is 0 Å². The third-order valence-electron chi connectivity index (χ3n) is 7.21. The first-order valence-corrected chi connectivity index (χ1v) is 13.3. The molecular formula is C28H33F4N3O6. The van der Waals surface area contributed by atoms with Crippen LogP contribution in [0.2, 0.25) is 0 Å². The Morgan fingerprint density at radius 3 is 2.49 bits per heavy atom. The van der Waals surface area contributed by atoms with Gasteiger partial charge in [-0.25, -0.2) is 8.78 Å². The lowest BCUT2D eigenvalue weighted by Crippen LogP contribution is -2.50. The number of halogens is 4. The fourth-order valence-electron chi connectivity index (χ4n) is 5.32. The largest absolute Gasteiger partial charge is 0.485 e. The molecule has 1 aromatic heterocycles. The lowest BCUT2D eigenvalue weighted by atomic mass is 9.80. The lowest BCUT2D eigenvalue weighted by Gasteiger charge is -2.28. The molecule has 4 rings (SSSR count). The van der Waals surface area contributed by atoms with Crippen molar-refractivity contribution >= 4 is 17.7 Å². The number of carbonyl (C=O) groups excluding carboxylic acids is 3. The number of nitrogens with zero attached hydrogens (tertiary/aromatic N) is 1. The number of carbonyl (C=O) groups is 3. The van der Waals surface area contributed by atoms with Gasteiger partial charge < -0.3 is 30.2 Å². The van der Waals surface area contributed by atoms with Crippen LogP contribution in [-0.2, 0) is 32.1 Å². The summed E-state index contributed by atoms with van der Waals surface area (Å²) in [4.78, 5) is 39.2. The Hall–Kier alpha value is -3.45. The third-order valence-corrected chi connectivity index (χ3v) is 7.21. The van der Waals surface area contributed by atoms with Crippen molar-refractivity contribution in [3.05, 3.63) is 52.9 Å². The fraction of sp³-hybridized carbons (Fsp3) is 0.536. The topological polar surface area (TPSA) is 133 Å². The SMILES string of the molecule is CC(C)(C)OC(=O)CC(NC(=O)C1CC(=O)C2c3c(ccn3C1)CCC2N)C(O)COc1c(F)c(F)cc(F)c1F. The highest BCUT2D eigenvalue weighted by Gasteiger charge is 2.41. The number of aryl methyl sites for hydroxylation is 1. The Labute approximate surface area is 234 Å². The number of hydrogen-bond donors (Lipinski definition) is 3. The number of aromatic nitrogens is 1. The van der Waals surface area contributed by atoms with Gasteiger partial charge in [0.15, 0.2) is 17.4 Å². The van der Waals surface area contributed by atoms with Crippen LogP contribution in [0.1, 0.15) is 57.2 Å². The summed E-state index contributed by atoms with van der Waals surface area (Å²) in [6.07, 6.45) is 0.626. The van der Waals surface area contributed by atoms with Crippen LogP contribution in [0.5, 0.6) is 5.75 Å². The molecule has 2 aliphatic rings. The van der Waals surface area contributed by atoms with Crippen LogP contribution in [0, 0.1) is 29.2 Å². The van der Waals surface area contributed by atoms with Crippen LogP contribution in [0.4, 0.5) is 17.6 Å². The molecule has 1 amide bonds. The number of Topliss-reactive ketones (excluding diaryl/α,β-unsaturated/α-hetero) is 1. The van der Waals surface area contributed by atoms with Crippen molar-refractivity contribution in [2.75, 3.05) is 6.61 Å². The molecular weight excluding hydrogens is 550 g/mol. The molecule has 9 nitrogen and oxygen atoms in total. The summed E-state index contributed by atoms with van der Waals surface area (Å²) in [7, 11) is 0. The number of esters is 1. The second kappa shape index (κ2) is 11.8. The molecule has 2 aromatic rings. The van der Waals surface area contributed by atoms with E-state index >= 15 is 0 Å². The van der Waals surface area contributed by atoms with Crippen molar-refractivity contribution in [1.29, 1.82) is 0 Å². The molecule has 5 unspecified atom stereocenters. The van der Waals surface area contributed by atoms with Crippen LogP contribution >= 0.6 is 0 Å². The van der Waals surface area contributed by atoms with Gasteiger partial charge in [-0.2, -0.15) is 8.78 Å². The summed E-state index contributed by atoms with van der Waals surface area (Å²) in [5.74, 6) is -11.6. The number of amides is 1. The predicted molar refractivity (Wildman–Crippen MR) is 137 cm³/mol. The van der Waals surface area contributed by atoms with E-state index in [1.807, 2.05) is 10.6 Å². The molecule has 13 heteroatoms. The van der Waals surface area contributed by atoms with Crippen LogP contribution in [0.25, 0.3) is 0 Å². The molecule has 0 saturated heterocycles. The standard InChI is InChI=1S/C28H33F4N3O6/c1-28(2,3)41-21(38)10-18(20(37)12-40-26-23(31)15(29)9-16(30)24(26)32)34-27(39)14-8-19(36)22-17(33)5-4-13-6-7-35(11-14)25(13)22/h6-7,9,14,17-18,20,22,37H,4-5,8,10-12,33H2,1-3H3,(H,34,39). The van der Waals surface area contributed by atoms with E-state index in [-0.39, 0.29) is 24.8 Å². The zero-order chi connectivity index (χ0) is 30.2. The minimum atomic E-state index is -1.81. The third kappa shape index (κ3) is 6.72. The molecule has 0 bridgehead atoms. The van der Waals surface area contributed by atoms with Crippen LogP contribution < -0.4 is 15.8 Å². The maximum Gasteiger partial charge on any atom is 0.308 e. The average molecular weight is 584 g/mol. The van der Waals surface area contributed by atoms with Gasteiger partial charge in [-0.3, -0.25) is 14.4 Å². The van der Waals surface area contributed by atoms with Gasteiger partial charge in [-0.1, -0.05) is 0 Å². The van der Waals surface area contributed by atoms with Crippen molar-refractivity contribution in [3.63, 3.8) is 0 Å². The summed E-state index contributed by atoms with van der Waals surface area (Å²) >= 11 is 0. The van der Waals surface area contributed by atoms with Gasteiger partial charge in [0.2, 0.25) is 17.5 Å². The second-order valence-corrected chi connectivity index (χ2v) is 11.5. The average Bonchev–Trinajstić information content (AvgIpc) is 3.20. The van der Waals surface area contributed by atoms with E-state index in [0.29, 0.717) is 12.8 Å². The number of nitrogens with one attached hydrogen (secondary N) is 1. The first-order valence-electron chi connectivity index (χ1n) is 13.3. The minimum absolute atomic E-state index is 0.00504. The quantitative estimate of drug-likeness (QED) is 0.247. The summed E-state index contributed by atoms with van der Waals surface area (Å²) < 4.78 is 67.2. The molecule has 4 N–H and O–H groups in total. The van der Waals surface area contributed by atoms with E-state index in [1.54, 1.807) is 27.0 Å². The van der Waals surface area contributed by atoms with Crippen LogP contribution in [0.15, 0.2) is 18.3 Å². The first-order chi connectivity index (χ1) is 19.2. The molecule has 0 fully saturated rings. The Morgan fingerprint density at radius 2 is 1.85 bits per heavy atom. The highest BCUT2D eigenvalue weighted by molar-refractivity contribution is 5.92. The fourth-order valence-corrected chi connectivity index (χ4v) is 5.32. The molecule has 0 spiro atoms. The Morgan fingerprint density at radius 1 is 1.20 bits per heavy atom. The number of aliphatic hydroxyl groups excluding tert-OH is 1. The van der Waals surface area contributed by atoms with E-state index < -0.39 is 89.5 Å². The molecule has 0 radical (unpaired) electrons. The smallest absolute Gasteiger partial charge is 0.308 e. The summed E-state index contributed by atoms with van der Waals surface area (Å²) in [5, 5.41) is 13.3. The first kappa shape index (κ1) is 30.5. The summed E-state index contributed by atoms with van der Waals surface area (Å²) in [5.41, 5.74) is 7.13. The van der Waals surface area contributed by atoms with Crippen molar-refractivity contribution in [3.8, 4) is 5.75 Å². The van der Waals surface area contributed by atoms with E-state index in [0.717, 1.165) is 11.3 Å². The van der Waals surface area contributed by atoms with Gasteiger partial charge in [0.25, 0.3) is 0 Å². The highest BCUT2D eigenvalue weighted by atomic mass is 19.2. The lowest BCUT2D eigenvalue weighted by molar-refractivity contribution is -0.156. The monoisotopic (exact) mass is 583 g/mol. The Bertz CT molecular complexity index is 1310. The van der Waals surface area contributed by atoms with Crippen molar-refractivity contribution in [1.82, 2.24) is 9.88 Å².